The highest BCUT2D eigenvalue weighted by atomic mass is 14.9. The summed E-state index contributed by atoms with van der Waals surface area (Å²) in [6.45, 7) is 5.55. The van der Waals surface area contributed by atoms with Crippen LogP contribution >= 0.6 is 0 Å². The predicted molar refractivity (Wildman–Crippen MR) is 74.2 cm³/mol. The molecule has 0 aliphatic heterocycles. The number of benzene rings is 1. The summed E-state index contributed by atoms with van der Waals surface area (Å²) in [4.78, 5) is 0. The number of hydrogen-bond donors (Lipinski definition) is 1. The Labute approximate surface area is 106 Å². The van der Waals surface area contributed by atoms with Crippen LogP contribution in [0.4, 0.5) is 0 Å². The van der Waals surface area contributed by atoms with E-state index in [1.807, 2.05) is 0 Å². The highest BCUT2D eigenvalue weighted by Gasteiger charge is 2.22. The third-order valence-electron chi connectivity index (χ3n) is 3.88. The second-order valence-corrected chi connectivity index (χ2v) is 5.45. The second kappa shape index (κ2) is 6.20. The van der Waals surface area contributed by atoms with Gasteiger partial charge in [0.15, 0.2) is 0 Å². The molecule has 0 radical (unpaired) electrons. The van der Waals surface area contributed by atoms with Gasteiger partial charge in [-0.3, -0.25) is 0 Å². The number of nitrogens with one attached hydrogen (secondary N) is 1. The van der Waals surface area contributed by atoms with Gasteiger partial charge in [-0.2, -0.15) is 0 Å². The van der Waals surface area contributed by atoms with Crippen molar-refractivity contribution < 1.29 is 0 Å². The molecule has 1 nitrogen and oxygen atoms in total. The van der Waals surface area contributed by atoms with Gasteiger partial charge >= 0.3 is 0 Å². The summed E-state index contributed by atoms with van der Waals surface area (Å²) in [7, 11) is 0. The van der Waals surface area contributed by atoms with Crippen molar-refractivity contribution in [1.29, 1.82) is 0 Å². The highest BCUT2D eigenvalue weighted by Crippen LogP contribution is 2.34. The van der Waals surface area contributed by atoms with Gasteiger partial charge < -0.3 is 5.32 Å². The predicted octanol–water partition coefficient (Wildman–Crippen LogP) is 4.23. The minimum absolute atomic E-state index is 0.570. The average Bonchev–Trinajstić information content (AvgIpc) is 2.27. The number of aryl methyl sites for hydroxylation is 1. The summed E-state index contributed by atoms with van der Waals surface area (Å²) in [6.07, 6.45) is 6.86. The quantitative estimate of drug-likeness (QED) is 0.772. The molecule has 1 aromatic rings. The molecule has 0 aromatic heterocycles. The van der Waals surface area contributed by atoms with Crippen molar-refractivity contribution in [1.82, 2.24) is 5.32 Å². The van der Waals surface area contributed by atoms with Crippen LogP contribution in [0.15, 0.2) is 24.3 Å². The molecule has 1 heteroatoms. The van der Waals surface area contributed by atoms with E-state index in [1.54, 1.807) is 0 Å². The van der Waals surface area contributed by atoms with Crippen LogP contribution in [-0.2, 0) is 0 Å². The minimum atomic E-state index is 0.570. The lowest BCUT2D eigenvalue weighted by Gasteiger charge is -2.30. The van der Waals surface area contributed by atoms with E-state index >= 15 is 0 Å². The van der Waals surface area contributed by atoms with Gasteiger partial charge in [0.25, 0.3) is 0 Å². The first-order chi connectivity index (χ1) is 8.29. The Hall–Kier alpha value is -0.820. The average molecular weight is 231 g/mol. The fraction of sp³-hybridized carbons (Fsp3) is 0.625. The summed E-state index contributed by atoms with van der Waals surface area (Å²) in [5.74, 6) is 0.963. The van der Waals surface area contributed by atoms with Crippen molar-refractivity contribution >= 4 is 0 Å². The van der Waals surface area contributed by atoms with Crippen molar-refractivity contribution in [3.8, 4) is 0 Å². The first kappa shape index (κ1) is 12.6. The molecule has 1 aliphatic carbocycles. The molecule has 0 heterocycles. The Kier molecular flexibility index (Phi) is 4.61. The van der Waals surface area contributed by atoms with Crippen LogP contribution in [0.25, 0.3) is 0 Å². The van der Waals surface area contributed by atoms with Crippen LogP contribution in [0.3, 0.4) is 0 Å². The first-order valence-corrected chi connectivity index (χ1v) is 7.09. The summed E-state index contributed by atoms with van der Waals surface area (Å²) in [6, 6.07) is 9.56. The van der Waals surface area contributed by atoms with Crippen molar-refractivity contribution in [3.63, 3.8) is 0 Å². The molecule has 1 aromatic carbocycles. The fourth-order valence-electron chi connectivity index (χ4n) is 2.60. The third-order valence-corrected chi connectivity index (χ3v) is 3.88. The smallest absolute Gasteiger partial charge is 0.0322 e. The molecule has 0 saturated heterocycles. The zero-order valence-electron chi connectivity index (χ0n) is 11.2. The first-order valence-electron chi connectivity index (χ1n) is 7.09. The van der Waals surface area contributed by atoms with Gasteiger partial charge in [-0.05, 0) is 37.8 Å². The van der Waals surface area contributed by atoms with Gasteiger partial charge in [0.2, 0.25) is 0 Å². The SMILES string of the molecule is CCCNC(CC1CCC1)c1cccc(C)c1. The van der Waals surface area contributed by atoms with Gasteiger partial charge in [0.05, 0.1) is 0 Å². The summed E-state index contributed by atoms with van der Waals surface area (Å²) in [5, 5.41) is 3.71. The van der Waals surface area contributed by atoms with Gasteiger partial charge in [-0.25, -0.2) is 0 Å². The van der Waals surface area contributed by atoms with E-state index in [0.29, 0.717) is 6.04 Å². The zero-order chi connectivity index (χ0) is 12.1. The molecule has 2 rings (SSSR count). The molecule has 1 saturated carbocycles. The Balaban J connectivity index is 2.02. The summed E-state index contributed by atoms with van der Waals surface area (Å²) < 4.78 is 0. The van der Waals surface area contributed by atoms with Crippen LogP contribution in [0, 0.1) is 12.8 Å². The standard InChI is InChI=1S/C16H25N/c1-3-10-17-16(12-14-7-5-8-14)15-9-4-6-13(2)11-15/h4,6,9,11,14,16-17H,3,5,7-8,10,12H2,1-2H3. The van der Waals surface area contributed by atoms with E-state index in [-0.39, 0.29) is 0 Å². The highest BCUT2D eigenvalue weighted by molar-refractivity contribution is 5.25. The van der Waals surface area contributed by atoms with Crippen LogP contribution < -0.4 is 5.32 Å². The Morgan fingerprint density at radius 1 is 1.35 bits per heavy atom. The van der Waals surface area contributed by atoms with E-state index in [4.69, 9.17) is 0 Å². The minimum Gasteiger partial charge on any atom is -0.310 e. The van der Waals surface area contributed by atoms with E-state index in [9.17, 15) is 0 Å². The second-order valence-electron chi connectivity index (χ2n) is 5.45. The largest absolute Gasteiger partial charge is 0.310 e. The molecule has 0 spiro atoms. The molecule has 1 fully saturated rings. The molecule has 94 valence electrons. The maximum atomic E-state index is 3.71. The molecule has 1 aliphatic rings. The number of hydrogen-bond acceptors (Lipinski definition) is 1. The van der Waals surface area contributed by atoms with Crippen LogP contribution in [-0.4, -0.2) is 6.54 Å². The molecule has 1 N–H and O–H groups in total. The van der Waals surface area contributed by atoms with Crippen molar-refractivity contribution in [2.45, 2.75) is 52.0 Å². The molecular formula is C16H25N. The molecule has 17 heavy (non-hydrogen) atoms. The van der Waals surface area contributed by atoms with Crippen molar-refractivity contribution in [2.75, 3.05) is 6.54 Å². The van der Waals surface area contributed by atoms with Gasteiger partial charge in [0.1, 0.15) is 0 Å². The topological polar surface area (TPSA) is 12.0 Å². The van der Waals surface area contributed by atoms with Gasteiger partial charge in [0, 0.05) is 6.04 Å². The lowest BCUT2D eigenvalue weighted by Crippen LogP contribution is -2.26. The zero-order valence-corrected chi connectivity index (χ0v) is 11.2. The van der Waals surface area contributed by atoms with E-state index in [2.05, 4.69) is 43.4 Å². The summed E-state index contributed by atoms with van der Waals surface area (Å²) in [5.41, 5.74) is 2.85. The molecule has 1 atom stereocenters. The van der Waals surface area contributed by atoms with Crippen LogP contribution in [0.1, 0.15) is 56.2 Å². The molecular weight excluding hydrogens is 206 g/mol. The third kappa shape index (κ3) is 3.57. The molecule has 0 bridgehead atoms. The Morgan fingerprint density at radius 3 is 2.76 bits per heavy atom. The number of rotatable bonds is 6. The van der Waals surface area contributed by atoms with E-state index in [0.717, 1.165) is 12.5 Å². The van der Waals surface area contributed by atoms with E-state index < -0.39 is 0 Å². The maximum Gasteiger partial charge on any atom is 0.0322 e. The Morgan fingerprint density at radius 2 is 2.18 bits per heavy atom. The molecule has 1 unspecified atom stereocenters. The van der Waals surface area contributed by atoms with Gasteiger partial charge in [-0.1, -0.05) is 56.0 Å². The van der Waals surface area contributed by atoms with Crippen LogP contribution in [0.5, 0.6) is 0 Å². The van der Waals surface area contributed by atoms with E-state index in [1.165, 1.54) is 43.2 Å². The van der Waals surface area contributed by atoms with Crippen LogP contribution in [0.2, 0.25) is 0 Å². The Bertz CT molecular complexity index is 341. The van der Waals surface area contributed by atoms with Gasteiger partial charge in [-0.15, -0.1) is 0 Å². The molecule has 0 amide bonds. The normalized spacial score (nSPS) is 17.8. The summed E-state index contributed by atoms with van der Waals surface area (Å²) >= 11 is 0. The lowest BCUT2D eigenvalue weighted by atomic mass is 9.79. The van der Waals surface area contributed by atoms with Crippen molar-refractivity contribution in [3.05, 3.63) is 35.4 Å². The van der Waals surface area contributed by atoms with Crippen molar-refractivity contribution in [2.24, 2.45) is 5.92 Å². The lowest BCUT2D eigenvalue weighted by molar-refractivity contribution is 0.261. The monoisotopic (exact) mass is 231 g/mol. The maximum absolute atomic E-state index is 3.71. The fourth-order valence-corrected chi connectivity index (χ4v) is 2.60.